The summed E-state index contributed by atoms with van der Waals surface area (Å²) in [5.74, 6) is 0.683. The Bertz CT molecular complexity index is 894. The lowest BCUT2D eigenvalue weighted by Gasteiger charge is -2.20. The van der Waals surface area contributed by atoms with Gasteiger partial charge < -0.3 is 10.6 Å². The van der Waals surface area contributed by atoms with Gasteiger partial charge >= 0.3 is 0 Å². The van der Waals surface area contributed by atoms with Crippen LogP contribution in [0.25, 0.3) is 5.95 Å². The summed E-state index contributed by atoms with van der Waals surface area (Å²) in [6.07, 6.45) is 5.68. The number of carbonyl (C=O) groups excluding carboxylic acids is 2. The fourth-order valence-corrected chi connectivity index (χ4v) is 4.05. The minimum atomic E-state index is -0.0889. The van der Waals surface area contributed by atoms with Crippen molar-refractivity contribution in [1.29, 1.82) is 0 Å². The minimum Gasteiger partial charge on any atom is -0.354 e. The molecule has 0 radical (unpaired) electrons. The molecule has 1 aliphatic carbocycles. The highest BCUT2D eigenvalue weighted by Gasteiger charge is 2.21. The van der Waals surface area contributed by atoms with Crippen LogP contribution in [-0.4, -0.2) is 44.7 Å². The SMILES string of the molecule is Cc1cc(C)nc(-n2nc(C)c(CC(=O)NCCNC(=O)C3CCCCC3)c2C)n1. The van der Waals surface area contributed by atoms with Gasteiger partial charge in [-0.25, -0.2) is 14.6 Å². The van der Waals surface area contributed by atoms with Crippen LogP contribution in [0.5, 0.6) is 0 Å². The molecule has 0 saturated heterocycles. The zero-order chi connectivity index (χ0) is 21.7. The summed E-state index contributed by atoms with van der Waals surface area (Å²) in [7, 11) is 0. The molecular weight excluding hydrogens is 380 g/mol. The van der Waals surface area contributed by atoms with Crippen molar-refractivity contribution in [1.82, 2.24) is 30.4 Å². The average Bonchev–Trinajstić information content (AvgIpc) is 2.99. The van der Waals surface area contributed by atoms with E-state index in [1.165, 1.54) is 6.42 Å². The lowest BCUT2D eigenvalue weighted by atomic mass is 9.89. The van der Waals surface area contributed by atoms with Gasteiger partial charge in [-0.05, 0) is 46.6 Å². The first-order chi connectivity index (χ1) is 14.3. The molecule has 162 valence electrons. The molecule has 1 fully saturated rings. The van der Waals surface area contributed by atoms with Gasteiger partial charge in [-0.1, -0.05) is 19.3 Å². The summed E-state index contributed by atoms with van der Waals surface area (Å²) >= 11 is 0. The van der Waals surface area contributed by atoms with E-state index in [4.69, 9.17) is 0 Å². The number of hydrogen-bond acceptors (Lipinski definition) is 5. The quantitative estimate of drug-likeness (QED) is 0.679. The van der Waals surface area contributed by atoms with Gasteiger partial charge in [0.1, 0.15) is 0 Å². The molecule has 0 aliphatic heterocycles. The molecule has 1 aliphatic rings. The van der Waals surface area contributed by atoms with Crippen LogP contribution in [0.1, 0.15) is 60.4 Å². The van der Waals surface area contributed by atoms with Crippen molar-refractivity contribution in [3.05, 3.63) is 34.4 Å². The molecule has 0 spiro atoms. The zero-order valence-electron chi connectivity index (χ0n) is 18.4. The van der Waals surface area contributed by atoms with Crippen molar-refractivity contribution in [3.63, 3.8) is 0 Å². The molecule has 2 aromatic heterocycles. The van der Waals surface area contributed by atoms with Crippen LogP contribution < -0.4 is 10.6 Å². The molecule has 0 bridgehead atoms. The van der Waals surface area contributed by atoms with E-state index in [1.54, 1.807) is 4.68 Å². The molecule has 0 unspecified atom stereocenters. The summed E-state index contributed by atoms with van der Waals surface area (Å²) < 4.78 is 1.70. The van der Waals surface area contributed by atoms with Crippen LogP contribution in [0.4, 0.5) is 0 Å². The Morgan fingerprint density at radius 3 is 2.30 bits per heavy atom. The summed E-state index contributed by atoms with van der Waals surface area (Å²) in [5, 5.41) is 10.4. The minimum absolute atomic E-state index is 0.0889. The number of aromatic nitrogens is 4. The number of amides is 2. The Morgan fingerprint density at radius 1 is 1.00 bits per heavy atom. The Morgan fingerprint density at radius 2 is 1.63 bits per heavy atom. The second kappa shape index (κ2) is 9.82. The van der Waals surface area contributed by atoms with Crippen molar-refractivity contribution in [3.8, 4) is 5.95 Å². The van der Waals surface area contributed by atoms with E-state index in [0.29, 0.717) is 19.0 Å². The number of hydrogen-bond donors (Lipinski definition) is 2. The average molecular weight is 413 g/mol. The van der Waals surface area contributed by atoms with Crippen molar-refractivity contribution in [2.75, 3.05) is 13.1 Å². The molecule has 8 heteroatoms. The standard InChI is InChI=1S/C22H32N6O2/c1-14-12-15(2)26-22(25-14)28-17(4)19(16(3)27-28)13-20(29)23-10-11-24-21(30)18-8-6-5-7-9-18/h12,18H,5-11,13H2,1-4H3,(H,23,29)(H,24,30). The Labute approximate surface area is 177 Å². The fourth-order valence-electron chi connectivity index (χ4n) is 4.05. The predicted octanol–water partition coefficient (Wildman–Crippen LogP) is 2.25. The fraction of sp³-hybridized carbons (Fsp3) is 0.591. The van der Waals surface area contributed by atoms with E-state index in [9.17, 15) is 9.59 Å². The largest absolute Gasteiger partial charge is 0.354 e. The van der Waals surface area contributed by atoms with E-state index in [-0.39, 0.29) is 24.2 Å². The maximum atomic E-state index is 12.4. The normalized spacial score (nSPS) is 14.5. The van der Waals surface area contributed by atoms with Gasteiger partial charge in [-0.15, -0.1) is 0 Å². The van der Waals surface area contributed by atoms with Crippen LogP contribution >= 0.6 is 0 Å². The smallest absolute Gasteiger partial charge is 0.251 e. The van der Waals surface area contributed by atoms with Crippen molar-refractivity contribution in [2.45, 2.75) is 66.2 Å². The van der Waals surface area contributed by atoms with Gasteiger partial charge in [-0.3, -0.25) is 9.59 Å². The van der Waals surface area contributed by atoms with Crippen LogP contribution in [0, 0.1) is 33.6 Å². The molecule has 30 heavy (non-hydrogen) atoms. The van der Waals surface area contributed by atoms with E-state index < -0.39 is 0 Å². The third-order valence-corrected chi connectivity index (χ3v) is 5.66. The number of rotatable bonds is 7. The molecule has 2 N–H and O–H groups in total. The van der Waals surface area contributed by atoms with Crippen LogP contribution in [0.15, 0.2) is 6.07 Å². The van der Waals surface area contributed by atoms with E-state index >= 15 is 0 Å². The topological polar surface area (TPSA) is 102 Å². The summed E-state index contributed by atoms with van der Waals surface area (Å²) in [6.45, 7) is 8.53. The molecule has 2 heterocycles. The number of nitrogens with one attached hydrogen (secondary N) is 2. The van der Waals surface area contributed by atoms with Crippen LogP contribution in [-0.2, 0) is 16.0 Å². The van der Waals surface area contributed by atoms with Gasteiger partial charge in [0.25, 0.3) is 5.95 Å². The Balaban J connectivity index is 1.53. The predicted molar refractivity (Wildman–Crippen MR) is 114 cm³/mol. The van der Waals surface area contributed by atoms with Crippen molar-refractivity contribution >= 4 is 11.8 Å². The molecule has 3 rings (SSSR count). The molecule has 2 aromatic rings. The van der Waals surface area contributed by atoms with E-state index in [1.807, 2.05) is 33.8 Å². The maximum absolute atomic E-state index is 12.4. The Hall–Kier alpha value is -2.77. The third-order valence-electron chi connectivity index (χ3n) is 5.66. The first-order valence-electron chi connectivity index (χ1n) is 10.8. The van der Waals surface area contributed by atoms with E-state index in [2.05, 4.69) is 25.7 Å². The number of aryl methyl sites for hydroxylation is 3. The summed E-state index contributed by atoms with van der Waals surface area (Å²) in [4.78, 5) is 33.5. The van der Waals surface area contributed by atoms with Gasteiger partial charge in [0.05, 0.1) is 12.1 Å². The molecule has 0 atom stereocenters. The number of nitrogens with zero attached hydrogens (tertiary/aromatic N) is 4. The Kier molecular flexibility index (Phi) is 7.18. The van der Waals surface area contributed by atoms with Crippen LogP contribution in [0.2, 0.25) is 0 Å². The first-order valence-corrected chi connectivity index (χ1v) is 10.8. The molecular formula is C22H32N6O2. The summed E-state index contributed by atoms with van der Waals surface area (Å²) in [6, 6.07) is 1.91. The molecule has 2 amide bonds. The van der Waals surface area contributed by atoms with Crippen molar-refractivity contribution in [2.24, 2.45) is 5.92 Å². The van der Waals surface area contributed by atoms with E-state index in [0.717, 1.165) is 54.0 Å². The molecule has 1 saturated carbocycles. The van der Waals surface area contributed by atoms with Crippen molar-refractivity contribution < 1.29 is 9.59 Å². The highest BCUT2D eigenvalue weighted by atomic mass is 16.2. The maximum Gasteiger partial charge on any atom is 0.251 e. The third kappa shape index (κ3) is 5.43. The zero-order valence-corrected chi connectivity index (χ0v) is 18.4. The highest BCUT2D eigenvalue weighted by Crippen LogP contribution is 2.23. The summed E-state index contributed by atoms with van der Waals surface area (Å²) in [5.41, 5.74) is 4.27. The second-order valence-corrected chi connectivity index (χ2v) is 8.16. The molecule has 0 aromatic carbocycles. The van der Waals surface area contributed by atoms with Crippen LogP contribution in [0.3, 0.4) is 0 Å². The van der Waals surface area contributed by atoms with Gasteiger partial charge in [0, 0.05) is 41.7 Å². The highest BCUT2D eigenvalue weighted by molar-refractivity contribution is 5.80. The van der Waals surface area contributed by atoms with Gasteiger partial charge in [0.15, 0.2) is 0 Å². The lowest BCUT2D eigenvalue weighted by Crippen LogP contribution is -2.38. The lowest BCUT2D eigenvalue weighted by molar-refractivity contribution is -0.126. The number of carbonyl (C=O) groups is 2. The first kappa shape index (κ1) is 21.9. The monoisotopic (exact) mass is 412 g/mol. The van der Waals surface area contributed by atoms with Gasteiger partial charge in [-0.2, -0.15) is 5.10 Å². The molecule has 8 nitrogen and oxygen atoms in total. The van der Waals surface area contributed by atoms with Gasteiger partial charge in [0.2, 0.25) is 11.8 Å². The second-order valence-electron chi connectivity index (χ2n) is 8.16.